The number of amides is 1. The number of nitrogens with zero attached hydrogens (tertiary/aromatic N) is 5. The van der Waals surface area contributed by atoms with Crippen molar-refractivity contribution >= 4 is 5.91 Å². The zero-order valence-corrected chi connectivity index (χ0v) is 20.4. The summed E-state index contributed by atoms with van der Waals surface area (Å²) in [6.07, 6.45) is 0.781. The first-order valence-electron chi connectivity index (χ1n) is 11.9. The van der Waals surface area contributed by atoms with E-state index in [0.717, 1.165) is 46.7 Å². The predicted molar refractivity (Wildman–Crippen MR) is 134 cm³/mol. The molecule has 0 unspecified atom stereocenters. The van der Waals surface area contributed by atoms with Gasteiger partial charge < -0.3 is 5.32 Å². The summed E-state index contributed by atoms with van der Waals surface area (Å²) in [6, 6.07) is 19.5. The van der Waals surface area contributed by atoms with Crippen molar-refractivity contribution in [3.8, 4) is 5.69 Å². The minimum atomic E-state index is -0.171. The van der Waals surface area contributed by atoms with Crippen molar-refractivity contribution in [1.82, 2.24) is 29.4 Å². The highest BCUT2D eigenvalue weighted by molar-refractivity contribution is 5.94. The van der Waals surface area contributed by atoms with Crippen LogP contribution in [0.15, 0.2) is 65.5 Å². The van der Waals surface area contributed by atoms with E-state index in [-0.39, 0.29) is 11.5 Å². The SMILES string of the molecule is Cc1c(CN2CCc3c(c(C(=O)NCc4ccccc4)nn3C)C2)c(=O)n(-c2ccccc2)n1C. The number of fused-ring (bicyclic) bond motifs is 1. The number of carbonyl (C=O) groups excluding carboxylic acids is 1. The fourth-order valence-corrected chi connectivity index (χ4v) is 4.86. The van der Waals surface area contributed by atoms with E-state index in [1.165, 1.54) is 0 Å². The number of para-hydroxylation sites is 1. The molecule has 0 saturated carbocycles. The van der Waals surface area contributed by atoms with Crippen LogP contribution in [0.4, 0.5) is 0 Å². The second kappa shape index (κ2) is 9.38. The average molecular weight is 471 g/mol. The third-order valence-corrected chi connectivity index (χ3v) is 6.89. The van der Waals surface area contributed by atoms with E-state index in [2.05, 4.69) is 15.3 Å². The van der Waals surface area contributed by atoms with Crippen LogP contribution in [-0.4, -0.2) is 36.5 Å². The third-order valence-electron chi connectivity index (χ3n) is 6.89. The molecule has 3 heterocycles. The summed E-state index contributed by atoms with van der Waals surface area (Å²) in [5.74, 6) is -0.171. The molecule has 4 aromatic rings. The van der Waals surface area contributed by atoms with Crippen molar-refractivity contribution in [3.05, 3.63) is 105 Å². The van der Waals surface area contributed by atoms with Gasteiger partial charge in [0.25, 0.3) is 11.5 Å². The highest BCUT2D eigenvalue weighted by Gasteiger charge is 2.28. The molecule has 0 radical (unpaired) electrons. The highest BCUT2D eigenvalue weighted by atomic mass is 16.2. The molecule has 8 heteroatoms. The van der Waals surface area contributed by atoms with Gasteiger partial charge >= 0.3 is 0 Å². The van der Waals surface area contributed by atoms with Gasteiger partial charge in [0.1, 0.15) is 0 Å². The monoisotopic (exact) mass is 470 g/mol. The summed E-state index contributed by atoms with van der Waals surface area (Å²) in [5, 5.41) is 7.55. The maximum Gasteiger partial charge on any atom is 0.276 e. The first-order valence-corrected chi connectivity index (χ1v) is 11.9. The van der Waals surface area contributed by atoms with Gasteiger partial charge in [-0.05, 0) is 24.6 Å². The Hall–Kier alpha value is -3.91. The van der Waals surface area contributed by atoms with Crippen LogP contribution < -0.4 is 10.9 Å². The zero-order chi connectivity index (χ0) is 24.5. The zero-order valence-electron chi connectivity index (χ0n) is 20.4. The van der Waals surface area contributed by atoms with Gasteiger partial charge in [-0.15, -0.1) is 0 Å². The molecular formula is C27H30N6O2. The Labute approximate surface area is 204 Å². The van der Waals surface area contributed by atoms with Crippen LogP contribution in [0.5, 0.6) is 0 Å². The third kappa shape index (κ3) is 4.33. The van der Waals surface area contributed by atoms with Gasteiger partial charge in [0.2, 0.25) is 0 Å². The number of aryl methyl sites for hydroxylation is 1. The molecule has 180 valence electrons. The average Bonchev–Trinajstić information content (AvgIpc) is 3.32. The Morgan fingerprint density at radius 3 is 2.43 bits per heavy atom. The van der Waals surface area contributed by atoms with Crippen molar-refractivity contribution in [2.75, 3.05) is 6.54 Å². The van der Waals surface area contributed by atoms with Crippen LogP contribution >= 0.6 is 0 Å². The van der Waals surface area contributed by atoms with Crippen LogP contribution in [0.2, 0.25) is 0 Å². The van der Waals surface area contributed by atoms with E-state index in [9.17, 15) is 9.59 Å². The summed E-state index contributed by atoms with van der Waals surface area (Å²) in [5.41, 5.74) is 6.10. The first kappa shape index (κ1) is 22.9. The van der Waals surface area contributed by atoms with Crippen molar-refractivity contribution < 1.29 is 4.79 Å². The van der Waals surface area contributed by atoms with E-state index in [4.69, 9.17) is 0 Å². The molecule has 1 N–H and O–H groups in total. The standard InChI is InChI=1S/C27H30N6O2/c1-19-22(27(35)33(31(19)3)21-12-8-5-9-13-21)17-32-15-14-24-23(18-32)25(29-30(24)2)26(34)28-16-20-10-6-4-7-11-20/h4-13H,14-18H2,1-3H3,(H,28,34). The van der Waals surface area contributed by atoms with Gasteiger partial charge in [-0.25, -0.2) is 4.68 Å². The second-order valence-corrected chi connectivity index (χ2v) is 9.07. The lowest BCUT2D eigenvalue weighted by molar-refractivity contribution is 0.0942. The molecule has 0 saturated heterocycles. The summed E-state index contributed by atoms with van der Waals surface area (Å²) in [6.45, 7) is 4.35. The smallest absolute Gasteiger partial charge is 0.276 e. The molecule has 2 aromatic carbocycles. The minimum Gasteiger partial charge on any atom is -0.347 e. The number of hydrogen-bond acceptors (Lipinski definition) is 4. The Balaban J connectivity index is 1.37. The number of rotatable bonds is 6. The van der Waals surface area contributed by atoms with E-state index in [1.54, 1.807) is 4.68 Å². The van der Waals surface area contributed by atoms with E-state index in [1.807, 2.05) is 91.0 Å². The number of nitrogens with one attached hydrogen (secondary N) is 1. The predicted octanol–water partition coefficient (Wildman–Crippen LogP) is 2.71. The fraction of sp³-hybridized carbons (Fsp3) is 0.296. The van der Waals surface area contributed by atoms with E-state index >= 15 is 0 Å². The van der Waals surface area contributed by atoms with Gasteiger partial charge in [0.05, 0.1) is 11.3 Å². The molecule has 35 heavy (non-hydrogen) atoms. The normalized spacial score (nSPS) is 13.6. The van der Waals surface area contributed by atoms with Gasteiger partial charge in [-0.3, -0.25) is 23.9 Å². The van der Waals surface area contributed by atoms with Crippen molar-refractivity contribution in [1.29, 1.82) is 0 Å². The Bertz CT molecular complexity index is 1420. The van der Waals surface area contributed by atoms with Crippen LogP contribution in [0, 0.1) is 6.92 Å². The maximum atomic E-state index is 13.4. The molecule has 0 spiro atoms. The maximum absolute atomic E-state index is 13.4. The second-order valence-electron chi connectivity index (χ2n) is 9.07. The lowest BCUT2D eigenvalue weighted by Crippen LogP contribution is -2.34. The first-order chi connectivity index (χ1) is 16.9. The van der Waals surface area contributed by atoms with Crippen molar-refractivity contribution in [3.63, 3.8) is 0 Å². The number of hydrogen-bond donors (Lipinski definition) is 1. The van der Waals surface area contributed by atoms with Crippen molar-refractivity contribution in [2.45, 2.75) is 33.0 Å². The van der Waals surface area contributed by atoms with Crippen LogP contribution in [0.3, 0.4) is 0 Å². The van der Waals surface area contributed by atoms with E-state index in [0.29, 0.717) is 25.3 Å². The Morgan fingerprint density at radius 2 is 1.71 bits per heavy atom. The molecule has 1 amide bonds. The van der Waals surface area contributed by atoms with Gasteiger partial charge in [-0.2, -0.15) is 5.10 Å². The summed E-state index contributed by atoms with van der Waals surface area (Å²) < 4.78 is 5.45. The van der Waals surface area contributed by atoms with Gasteiger partial charge in [0.15, 0.2) is 5.69 Å². The largest absolute Gasteiger partial charge is 0.347 e. The molecule has 0 fully saturated rings. The molecule has 0 bridgehead atoms. The minimum absolute atomic E-state index is 0.00555. The quantitative estimate of drug-likeness (QED) is 0.470. The number of aromatic nitrogens is 4. The van der Waals surface area contributed by atoms with E-state index < -0.39 is 0 Å². The number of benzene rings is 2. The molecule has 1 aliphatic rings. The van der Waals surface area contributed by atoms with Crippen LogP contribution in [-0.2, 0) is 40.2 Å². The van der Waals surface area contributed by atoms with Gasteiger partial charge in [0, 0.05) is 63.6 Å². The molecule has 2 aromatic heterocycles. The lowest BCUT2D eigenvalue weighted by atomic mass is 10.0. The van der Waals surface area contributed by atoms with Crippen molar-refractivity contribution in [2.24, 2.45) is 14.1 Å². The van der Waals surface area contributed by atoms with Gasteiger partial charge in [-0.1, -0.05) is 48.5 Å². The Kier molecular flexibility index (Phi) is 6.13. The molecule has 0 atom stereocenters. The molecule has 1 aliphatic heterocycles. The number of carbonyl (C=O) groups is 1. The summed E-state index contributed by atoms with van der Waals surface area (Å²) >= 11 is 0. The van der Waals surface area contributed by atoms with Crippen LogP contribution in [0.25, 0.3) is 5.69 Å². The topological polar surface area (TPSA) is 77.1 Å². The lowest BCUT2D eigenvalue weighted by Gasteiger charge is -2.27. The Morgan fingerprint density at radius 1 is 1.03 bits per heavy atom. The molecule has 8 nitrogen and oxygen atoms in total. The summed E-state index contributed by atoms with van der Waals surface area (Å²) in [4.78, 5) is 28.6. The fourth-order valence-electron chi connectivity index (χ4n) is 4.86. The molecular weight excluding hydrogens is 440 g/mol. The van der Waals surface area contributed by atoms with Crippen LogP contribution in [0.1, 0.15) is 38.6 Å². The summed E-state index contributed by atoms with van der Waals surface area (Å²) in [7, 11) is 3.81. The molecule has 0 aliphatic carbocycles. The molecule has 5 rings (SSSR count). The highest BCUT2D eigenvalue weighted by Crippen LogP contribution is 2.24.